The average molecular weight is 645 g/mol. The molecular weight excluding hydrogens is 572 g/mol. The Labute approximate surface area is 291 Å². The molecule has 0 saturated carbocycles. The third-order valence-corrected chi connectivity index (χ3v) is 11.0. The molecule has 0 spiro atoms. The Hall–Kier alpha value is -2.35. The van der Waals surface area contributed by atoms with Gasteiger partial charge in [0, 0.05) is 11.1 Å². The molecule has 0 saturated heterocycles. The van der Waals surface area contributed by atoms with Gasteiger partial charge in [-0.2, -0.15) is 0 Å². The maximum absolute atomic E-state index is 14.9. The predicted octanol–water partition coefficient (Wildman–Crippen LogP) is 14.8. The van der Waals surface area contributed by atoms with Gasteiger partial charge in [0.2, 0.25) is 0 Å². The minimum atomic E-state index is 0.118. The van der Waals surface area contributed by atoms with Gasteiger partial charge in [0.25, 0.3) is 0 Å². The molecule has 0 aliphatic rings. The van der Waals surface area contributed by atoms with E-state index in [2.05, 4.69) is 93.5 Å². The first-order chi connectivity index (χ1) is 22.7. The molecule has 264 valence electrons. The molecule has 2 aromatic rings. The minimum Gasteiger partial charge on any atom is -0.508 e. The summed E-state index contributed by atoms with van der Waals surface area (Å²) in [4.78, 5) is 14.9. The molecule has 0 aliphatic heterocycles. The van der Waals surface area contributed by atoms with Gasteiger partial charge in [-0.1, -0.05) is 126 Å². The Morgan fingerprint density at radius 2 is 1.02 bits per heavy atom. The highest BCUT2D eigenvalue weighted by molar-refractivity contribution is 6.09. The van der Waals surface area contributed by atoms with Crippen LogP contribution < -0.4 is 0 Å². The van der Waals surface area contributed by atoms with Crippen LogP contribution in [-0.2, 0) is 0 Å². The molecule has 0 aromatic heterocycles. The molecule has 0 aliphatic carbocycles. The highest BCUT2D eigenvalue weighted by Gasteiger charge is 2.31. The molecule has 0 fully saturated rings. The van der Waals surface area contributed by atoms with Crippen molar-refractivity contribution < 1.29 is 9.90 Å². The highest BCUT2D eigenvalue weighted by Crippen LogP contribution is 2.46. The molecule has 0 radical (unpaired) electrons. The largest absolute Gasteiger partial charge is 0.508 e. The van der Waals surface area contributed by atoms with E-state index >= 15 is 0 Å². The number of benzene rings is 2. The average Bonchev–Trinajstić information content (AvgIpc) is 3.08. The summed E-state index contributed by atoms with van der Waals surface area (Å²) in [5.41, 5.74) is 8.19. The van der Waals surface area contributed by atoms with Crippen LogP contribution in [0.2, 0.25) is 0 Å². The maximum atomic E-state index is 14.9. The molecular formula is C45H72O2. The third kappa shape index (κ3) is 10.6. The van der Waals surface area contributed by atoms with E-state index < -0.39 is 0 Å². The van der Waals surface area contributed by atoms with Gasteiger partial charge in [-0.15, -0.1) is 0 Å². The SMILES string of the molecule is CCCC(CC)c1ccc(C(CC)CCC)c(/C=C/C(=O)c2c(C(CC)CCC)cc(O)c(C(CC)CCC)c2C(CC)CCC)c1. The zero-order valence-electron chi connectivity index (χ0n) is 32.3. The van der Waals surface area contributed by atoms with E-state index in [-0.39, 0.29) is 23.5 Å². The van der Waals surface area contributed by atoms with E-state index in [1.54, 1.807) is 0 Å². The van der Waals surface area contributed by atoms with Crippen LogP contribution in [0.4, 0.5) is 0 Å². The molecule has 0 bridgehead atoms. The lowest BCUT2D eigenvalue weighted by Crippen LogP contribution is -2.17. The van der Waals surface area contributed by atoms with Crippen molar-refractivity contribution >= 4 is 11.9 Å². The maximum Gasteiger partial charge on any atom is 0.186 e. The molecule has 5 unspecified atom stereocenters. The standard InChI is InChI=1S/C45H72O2/c1-11-21-32(16-6)37-26-28-39(33(17-7)22-12-2)38(30-37)27-29-41(46)45-40(34(18-8)23-13-3)31-42(47)43(35(19-9)24-14-4)44(45)36(20-10)25-15-5/h26-36,47H,11-25H2,1-10H3/b29-27+. The second-order valence-corrected chi connectivity index (χ2v) is 14.2. The van der Waals surface area contributed by atoms with Crippen molar-refractivity contribution in [3.63, 3.8) is 0 Å². The molecule has 2 aromatic carbocycles. The van der Waals surface area contributed by atoms with Crippen LogP contribution in [0.3, 0.4) is 0 Å². The number of rotatable bonds is 23. The normalized spacial score (nSPS) is 15.1. The molecule has 2 heteroatoms. The number of allylic oxidation sites excluding steroid dienone is 1. The lowest BCUT2D eigenvalue weighted by atomic mass is 9.74. The number of carbonyl (C=O) groups is 1. The number of aromatic hydroxyl groups is 1. The van der Waals surface area contributed by atoms with Gasteiger partial charge in [-0.25, -0.2) is 0 Å². The molecule has 47 heavy (non-hydrogen) atoms. The Bertz CT molecular complexity index is 1240. The Morgan fingerprint density at radius 3 is 1.51 bits per heavy atom. The van der Waals surface area contributed by atoms with Crippen molar-refractivity contribution in [1.82, 2.24) is 0 Å². The van der Waals surface area contributed by atoms with Crippen LogP contribution in [0.15, 0.2) is 30.3 Å². The molecule has 2 nitrogen and oxygen atoms in total. The van der Waals surface area contributed by atoms with Crippen molar-refractivity contribution in [3.8, 4) is 5.75 Å². The number of phenolic OH excluding ortho intramolecular Hbond substituents is 1. The smallest absolute Gasteiger partial charge is 0.186 e. The second kappa shape index (κ2) is 21.6. The van der Waals surface area contributed by atoms with Crippen molar-refractivity contribution in [2.45, 2.75) is 195 Å². The molecule has 1 N–H and O–H groups in total. The minimum absolute atomic E-state index is 0.118. The zero-order valence-corrected chi connectivity index (χ0v) is 32.3. The fraction of sp³-hybridized carbons (Fsp3) is 0.667. The summed E-state index contributed by atoms with van der Waals surface area (Å²) >= 11 is 0. The van der Waals surface area contributed by atoms with Crippen molar-refractivity contribution in [2.75, 3.05) is 0 Å². The van der Waals surface area contributed by atoms with Crippen molar-refractivity contribution in [3.05, 3.63) is 69.3 Å². The second-order valence-electron chi connectivity index (χ2n) is 14.2. The van der Waals surface area contributed by atoms with E-state index in [0.717, 1.165) is 106 Å². The van der Waals surface area contributed by atoms with E-state index in [4.69, 9.17) is 0 Å². The lowest BCUT2D eigenvalue weighted by molar-refractivity contribution is 0.104. The first kappa shape index (κ1) is 40.8. The van der Waals surface area contributed by atoms with Gasteiger partial charge in [-0.05, 0) is 134 Å². The quantitative estimate of drug-likeness (QED) is 0.0965. The molecule has 2 rings (SSSR count). The van der Waals surface area contributed by atoms with Crippen molar-refractivity contribution in [1.29, 1.82) is 0 Å². The van der Waals surface area contributed by atoms with Crippen LogP contribution in [0.1, 0.15) is 239 Å². The fourth-order valence-corrected chi connectivity index (χ4v) is 8.40. The summed E-state index contributed by atoms with van der Waals surface area (Å²) in [6.45, 7) is 22.6. The summed E-state index contributed by atoms with van der Waals surface area (Å²) in [7, 11) is 0. The first-order valence-corrected chi connectivity index (χ1v) is 20.0. The topological polar surface area (TPSA) is 37.3 Å². The fourth-order valence-electron chi connectivity index (χ4n) is 8.40. The van der Waals surface area contributed by atoms with Crippen LogP contribution in [0.5, 0.6) is 5.75 Å². The van der Waals surface area contributed by atoms with E-state index in [1.165, 1.54) is 29.5 Å². The third-order valence-electron chi connectivity index (χ3n) is 11.0. The van der Waals surface area contributed by atoms with Crippen LogP contribution in [0, 0.1) is 0 Å². The summed E-state index contributed by atoms with van der Waals surface area (Å²) in [6, 6.07) is 9.15. The number of hydrogen-bond acceptors (Lipinski definition) is 2. The van der Waals surface area contributed by atoms with Gasteiger partial charge in [0.15, 0.2) is 5.78 Å². The van der Waals surface area contributed by atoms with Gasteiger partial charge in [-0.3, -0.25) is 4.79 Å². The Kier molecular flexibility index (Phi) is 18.7. The number of carbonyl (C=O) groups excluding carboxylic acids is 1. The summed E-state index contributed by atoms with van der Waals surface area (Å²) in [6.07, 6.45) is 20.1. The van der Waals surface area contributed by atoms with E-state index in [0.29, 0.717) is 17.6 Å². The molecule has 5 atom stereocenters. The number of hydrogen-bond donors (Lipinski definition) is 1. The summed E-state index contributed by atoms with van der Waals surface area (Å²) in [5, 5.41) is 11.8. The van der Waals surface area contributed by atoms with Crippen LogP contribution in [0.25, 0.3) is 6.08 Å². The number of ketones is 1. The van der Waals surface area contributed by atoms with Crippen molar-refractivity contribution in [2.24, 2.45) is 0 Å². The lowest BCUT2D eigenvalue weighted by Gasteiger charge is -2.30. The first-order valence-electron chi connectivity index (χ1n) is 20.0. The monoisotopic (exact) mass is 645 g/mol. The molecule has 0 amide bonds. The van der Waals surface area contributed by atoms with Gasteiger partial charge in [0.1, 0.15) is 5.75 Å². The van der Waals surface area contributed by atoms with Crippen LogP contribution >= 0.6 is 0 Å². The molecule has 0 heterocycles. The summed E-state index contributed by atoms with van der Waals surface area (Å²) in [5.74, 6) is 2.33. The number of phenols is 1. The van der Waals surface area contributed by atoms with Crippen LogP contribution in [-0.4, -0.2) is 10.9 Å². The van der Waals surface area contributed by atoms with E-state index in [9.17, 15) is 9.90 Å². The van der Waals surface area contributed by atoms with Gasteiger partial charge < -0.3 is 5.11 Å². The Balaban J connectivity index is 2.97. The van der Waals surface area contributed by atoms with E-state index in [1.807, 2.05) is 12.1 Å². The van der Waals surface area contributed by atoms with Gasteiger partial charge in [0.05, 0.1) is 0 Å². The summed E-state index contributed by atoms with van der Waals surface area (Å²) < 4.78 is 0. The Morgan fingerprint density at radius 1 is 0.574 bits per heavy atom. The zero-order chi connectivity index (χ0) is 34.9. The predicted molar refractivity (Wildman–Crippen MR) is 208 cm³/mol. The van der Waals surface area contributed by atoms with Gasteiger partial charge >= 0.3 is 0 Å². The highest BCUT2D eigenvalue weighted by atomic mass is 16.3.